The zero-order valence-electron chi connectivity index (χ0n) is 10.7. The second-order valence-corrected chi connectivity index (χ2v) is 6.66. The summed E-state index contributed by atoms with van der Waals surface area (Å²) in [6, 6.07) is 0. The Balaban J connectivity index is 5.07. The molecule has 0 heterocycles. The molecule has 0 aliphatic rings. The van der Waals surface area contributed by atoms with Gasteiger partial charge in [0.25, 0.3) is 0 Å². The molecule has 0 aromatic heterocycles. The van der Waals surface area contributed by atoms with Crippen LogP contribution in [0.2, 0.25) is 5.04 Å². The molecule has 3 heteroatoms. The highest BCUT2D eigenvalue weighted by Crippen LogP contribution is 2.50. The fourth-order valence-corrected chi connectivity index (χ4v) is 2.79. The minimum Gasteiger partial charge on any atom is -0.469 e. The molecule has 0 N–H and O–H groups in total. The van der Waals surface area contributed by atoms with Gasteiger partial charge in [-0.15, -0.1) is 6.58 Å². The van der Waals surface area contributed by atoms with Crippen LogP contribution < -0.4 is 0 Å². The molecule has 0 rings (SSSR count). The third-order valence-electron chi connectivity index (χ3n) is 3.56. The summed E-state index contributed by atoms with van der Waals surface area (Å²) in [4.78, 5) is 11.9. The zero-order chi connectivity index (χ0) is 12.1. The minimum atomic E-state index is -0.334. The van der Waals surface area contributed by atoms with Crippen LogP contribution in [0, 0.1) is 5.41 Å². The molecular formula is C12H24O2Si. The average Bonchev–Trinajstić information content (AvgIpc) is 2.16. The summed E-state index contributed by atoms with van der Waals surface area (Å²) >= 11 is 0. The normalized spacial score (nSPS) is 15.7. The van der Waals surface area contributed by atoms with Crippen molar-refractivity contribution >= 4 is 16.2 Å². The topological polar surface area (TPSA) is 26.3 Å². The largest absolute Gasteiger partial charge is 0.469 e. The molecule has 0 aliphatic carbocycles. The quantitative estimate of drug-likeness (QED) is 0.395. The first-order valence-electron chi connectivity index (χ1n) is 5.55. The van der Waals surface area contributed by atoms with Crippen LogP contribution in [0.5, 0.6) is 0 Å². The van der Waals surface area contributed by atoms with Gasteiger partial charge in [0.05, 0.1) is 12.1 Å². The number of hydrogen-bond donors (Lipinski definition) is 0. The number of ether oxygens (including phenoxy) is 1. The lowest BCUT2D eigenvalue weighted by Gasteiger charge is -2.41. The summed E-state index contributed by atoms with van der Waals surface area (Å²) in [6.07, 6.45) is 4.69. The molecule has 0 aliphatic heterocycles. The molecule has 15 heavy (non-hydrogen) atoms. The predicted molar refractivity (Wildman–Crippen MR) is 68.2 cm³/mol. The number of hydrogen-bond acceptors (Lipinski definition) is 2. The summed E-state index contributed by atoms with van der Waals surface area (Å²) < 4.78 is 4.95. The fourth-order valence-electron chi connectivity index (χ4n) is 2.05. The van der Waals surface area contributed by atoms with Gasteiger partial charge in [-0.25, -0.2) is 0 Å². The van der Waals surface area contributed by atoms with E-state index in [0.717, 1.165) is 29.5 Å². The van der Waals surface area contributed by atoms with E-state index in [1.807, 2.05) is 6.08 Å². The molecule has 1 unspecified atom stereocenters. The average molecular weight is 228 g/mol. The maximum atomic E-state index is 11.9. The van der Waals surface area contributed by atoms with Crippen LogP contribution in [0.1, 0.15) is 40.0 Å². The maximum Gasteiger partial charge on any atom is 0.308 e. The molecule has 0 saturated carbocycles. The monoisotopic (exact) mass is 228 g/mol. The Bertz CT molecular complexity index is 236. The highest BCUT2D eigenvalue weighted by Gasteiger charge is 2.46. The van der Waals surface area contributed by atoms with Gasteiger partial charge >= 0.3 is 5.97 Å². The maximum absolute atomic E-state index is 11.9. The third kappa shape index (κ3) is 2.94. The van der Waals surface area contributed by atoms with E-state index in [1.165, 1.54) is 7.11 Å². The summed E-state index contributed by atoms with van der Waals surface area (Å²) in [5.74, 6) is -0.0764. The van der Waals surface area contributed by atoms with E-state index >= 15 is 0 Å². The number of rotatable bonds is 6. The minimum absolute atomic E-state index is 0.00471. The molecule has 0 amide bonds. The first kappa shape index (κ1) is 14.4. The third-order valence-corrected chi connectivity index (χ3v) is 5.73. The molecule has 0 aromatic rings. The SMILES string of the molecule is C=CCC([SiH3])(C(=O)OC)C(C)(C)CCC. The van der Waals surface area contributed by atoms with Crippen LogP contribution in [0.15, 0.2) is 12.7 Å². The number of carbonyl (C=O) groups excluding carboxylic acids is 1. The predicted octanol–water partition coefficient (Wildman–Crippen LogP) is 2.09. The van der Waals surface area contributed by atoms with Crippen LogP contribution in [0.25, 0.3) is 0 Å². The van der Waals surface area contributed by atoms with Crippen LogP contribution in [-0.2, 0) is 9.53 Å². The summed E-state index contributed by atoms with van der Waals surface area (Å²) in [5.41, 5.74) is -0.00471. The molecule has 0 saturated heterocycles. The van der Waals surface area contributed by atoms with Gasteiger partial charge in [-0.2, -0.15) is 0 Å². The molecule has 0 aromatic carbocycles. The van der Waals surface area contributed by atoms with Crippen LogP contribution in [0.4, 0.5) is 0 Å². The van der Waals surface area contributed by atoms with Gasteiger partial charge in [0.15, 0.2) is 0 Å². The Labute approximate surface area is 96.5 Å². The lowest BCUT2D eigenvalue weighted by Crippen LogP contribution is -2.39. The Morgan fingerprint density at radius 3 is 2.40 bits per heavy atom. The molecule has 88 valence electrons. The van der Waals surface area contributed by atoms with Crippen molar-refractivity contribution in [2.75, 3.05) is 7.11 Å². The Morgan fingerprint density at radius 2 is 2.07 bits per heavy atom. The lowest BCUT2D eigenvalue weighted by atomic mass is 9.72. The standard InChI is InChI=1S/C12H24O2Si/c1-6-8-11(3,4)12(15,9-7-2)10(13)14-5/h7H,2,6,8-9H2,1,3-5,15H3. The number of allylic oxidation sites excluding steroid dienone is 1. The summed E-state index contributed by atoms with van der Waals surface area (Å²) in [7, 11) is 2.27. The van der Waals surface area contributed by atoms with Crippen molar-refractivity contribution in [3.05, 3.63) is 12.7 Å². The van der Waals surface area contributed by atoms with Crippen molar-refractivity contribution in [1.29, 1.82) is 0 Å². The van der Waals surface area contributed by atoms with Crippen molar-refractivity contribution in [1.82, 2.24) is 0 Å². The highest BCUT2D eigenvalue weighted by molar-refractivity contribution is 6.27. The number of methoxy groups -OCH3 is 1. The van der Waals surface area contributed by atoms with Crippen molar-refractivity contribution in [2.24, 2.45) is 5.41 Å². The zero-order valence-corrected chi connectivity index (χ0v) is 12.7. The summed E-state index contributed by atoms with van der Waals surface area (Å²) in [6.45, 7) is 10.2. The number of carbonyl (C=O) groups is 1. The first-order valence-corrected chi connectivity index (χ1v) is 6.55. The number of esters is 1. The Morgan fingerprint density at radius 1 is 1.53 bits per heavy atom. The second-order valence-electron chi connectivity index (χ2n) is 4.95. The van der Waals surface area contributed by atoms with Gasteiger partial charge in [-0.3, -0.25) is 4.79 Å². The van der Waals surface area contributed by atoms with E-state index in [2.05, 4.69) is 27.4 Å². The lowest BCUT2D eigenvalue weighted by molar-refractivity contribution is -0.148. The highest BCUT2D eigenvalue weighted by atomic mass is 28.1. The van der Waals surface area contributed by atoms with Gasteiger partial charge in [-0.1, -0.05) is 33.3 Å². The second kappa shape index (κ2) is 5.49. The van der Waals surface area contributed by atoms with Crippen LogP contribution >= 0.6 is 0 Å². The van der Waals surface area contributed by atoms with Crippen molar-refractivity contribution in [3.63, 3.8) is 0 Å². The summed E-state index contributed by atoms with van der Waals surface area (Å²) in [5, 5.41) is -0.334. The van der Waals surface area contributed by atoms with E-state index in [-0.39, 0.29) is 16.4 Å². The van der Waals surface area contributed by atoms with Gasteiger partial charge in [0, 0.05) is 10.2 Å². The first-order chi connectivity index (χ1) is 6.85. The van der Waals surface area contributed by atoms with Gasteiger partial charge in [0.1, 0.15) is 0 Å². The molecule has 0 radical (unpaired) electrons. The van der Waals surface area contributed by atoms with Crippen molar-refractivity contribution in [3.8, 4) is 0 Å². The van der Waals surface area contributed by atoms with Crippen LogP contribution in [0.3, 0.4) is 0 Å². The van der Waals surface area contributed by atoms with E-state index in [9.17, 15) is 4.79 Å². The van der Waals surface area contributed by atoms with E-state index < -0.39 is 0 Å². The van der Waals surface area contributed by atoms with E-state index in [4.69, 9.17) is 4.74 Å². The Kier molecular flexibility index (Phi) is 5.28. The molecule has 0 fully saturated rings. The molecule has 2 nitrogen and oxygen atoms in total. The molecule has 0 spiro atoms. The van der Waals surface area contributed by atoms with Gasteiger partial charge in [0.2, 0.25) is 0 Å². The molecular weight excluding hydrogens is 204 g/mol. The Hall–Kier alpha value is -0.573. The fraction of sp³-hybridized carbons (Fsp3) is 0.750. The van der Waals surface area contributed by atoms with Crippen molar-refractivity contribution < 1.29 is 9.53 Å². The molecule has 1 atom stereocenters. The van der Waals surface area contributed by atoms with Gasteiger partial charge < -0.3 is 4.74 Å². The smallest absolute Gasteiger partial charge is 0.308 e. The van der Waals surface area contributed by atoms with E-state index in [0.29, 0.717) is 0 Å². The van der Waals surface area contributed by atoms with Gasteiger partial charge in [-0.05, 0) is 18.3 Å². The molecule has 0 bridgehead atoms. The van der Waals surface area contributed by atoms with Crippen molar-refractivity contribution in [2.45, 2.75) is 45.1 Å². The van der Waals surface area contributed by atoms with Crippen LogP contribution in [-0.4, -0.2) is 23.3 Å². The van der Waals surface area contributed by atoms with E-state index in [1.54, 1.807) is 0 Å².